The summed E-state index contributed by atoms with van der Waals surface area (Å²) in [5.74, 6) is -3.44. The topological polar surface area (TPSA) is 96.0 Å². The first-order valence-electron chi connectivity index (χ1n) is 8.90. The van der Waals surface area contributed by atoms with E-state index in [1.54, 1.807) is 30.3 Å². The number of ether oxygens (including phenoxy) is 3. The van der Waals surface area contributed by atoms with Crippen molar-refractivity contribution in [3.63, 3.8) is 0 Å². The molecular weight excluding hydrogens is 412 g/mol. The highest BCUT2D eigenvalue weighted by Gasteiger charge is 2.66. The molecule has 0 bridgehead atoms. The van der Waals surface area contributed by atoms with Gasteiger partial charge in [-0.3, -0.25) is 9.59 Å². The lowest BCUT2D eigenvalue weighted by Gasteiger charge is -2.23. The zero-order valence-corrected chi connectivity index (χ0v) is 16.7. The normalized spacial score (nSPS) is 19.2. The monoisotopic (exact) mass is 426 g/mol. The first-order chi connectivity index (χ1) is 14.4. The third kappa shape index (κ3) is 2.63. The Balaban J connectivity index is 2.02. The van der Waals surface area contributed by atoms with Gasteiger partial charge in [0.15, 0.2) is 0 Å². The van der Waals surface area contributed by atoms with Gasteiger partial charge in [-0.25, -0.2) is 9.59 Å². The van der Waals surface area contributed by atoms with Crippen molar-refractivity contribution in [3.05, 3.63) is 81.4 Å². The Morgan fingerprint density at radius 2 is 1.53 bits per heavy atom. The molecule has 2 aromatic rings. The van der Waals surface area contributed by atoms with Crippen molar-refractivity contribution in [1.82, 2.24) is 0 Å². The average Bonchev–Trinajstić information content (AvgIpc) is 3.23. The van der Waals surface area contributed by atoms with E-state index in [2.05, 4.69) is 0 Å². The maximum Gasteiger partial charge on any atom is 0.338 e. The van der Waals surface area contributed by atoms with E-state index in [0.717, 1.165) is 14.2 Å². The summed E-state index contributed by atoms with van der Waals surface area (Å²) in [4.78, 5) is 52.3. The van der Waals surface area contributed by atoms with Crippen molar-refractivity contribution in [3.8, 4) is 0 Å². The van der Waals surface area contributed by atoms with E-state index in [0.29, 0.717) is 10.6 Å². The minimum Gasteiger partial charge on any atom is -0.466 e. The van der Waals surface area contributed by atoms with Crippen molar-refractivity contribution in [2.45, 2.75) is 11.7 Å². The molecule has 1 aliphatic carbocycles. The fourth-order valence-corrected chi connectivity index (χ4v) is 4.09. The quantitative estimate of drug-likeness (QED) is 0.550. The van der Waals surface area contributed by atoms with E-state index in [1.807, 2.05) is 0 Å². The van der Waals surface area contributed by atoms with Gasteiger partial charge in [0.2, 0.25) is 17.2 Å². The number of carbonyl (C=O) groups excluding carboxylic acids is 4. The van der Waals surface area contributed by atoms with E-state index in [1.165, 1.54) is 18.2 Å². The molecule has 0 saturated heterocycles. The molecule has 2 aliphatic rings. The lowest BCUT2D eigenvalue weighted by Crippen LogP contribution is -2.46. The van der Waals surface area contributed by atoms with Gasteiger partial charge in [0.1, 0.15) is 6.10 Å². The summed E-state index contributed by atoms with van der Waals surface area (Å²) in [6.07, 6.45) is -1.24. The average molecular weight is 427 g/mol. The molecule has 0 amide bonds. The number of Topliss-reactive ketones (excluding diaryl/α,β-unsaturated/α-hetero) is 2. The molecule has 152 valence electrons. The highest BCUT2D eigenvalue weighted by atomic mass is 35.5. The van der Waals surface area contributed by atoms with Crippen LogP contribution in [0.1, 0.15) is 32.4 Å². The van der Waals surface area contributed by atoms with E-state index in [9.17, 15) is 19.2 Å². The van der Waals surface area contributed by atoms with Gasteiger partial charge in [0.05, 0.1) is 25.4 Å². The van der Waals surface area contributed by atoms with E-state index >= 15 is 0 Å². The zero-order valence-electron chi connectivity index (χ0n) is 15.9. The zero-order chi connectivity index (χ0) is 21.6. The van der Waals surface area contributed by atoms with Crippen molar-refractivity contribution < 1.29 is 33.4 Å². The second-order valence-corrected chi connectivity index (χ2v) is 7.15. The molecule has 8 heteroatoms. The Hall–Kier alpha value is -3.29. The maximum atomic E-state index is 13.4. The van der Waals surface area contributed by atoms with Crippen molar-refractivity contribution in [2.75, 3.05) is 14.2 Å². The van der Waals surface area contributed by atoms with Crippen LogP contribution >= 0.6 is 11.6 Å². The SMILES string of the molecule is COC(=O)C1=C(C(=O)OC)C2(OC1c1cccc(Cl)c1)C(=O)c1ccccc1C2=O. The molecule has 0 N–H and O–H groups in total. The van der Waals surface area contributed by atoms with Gasteiger partial charge in [-0.15, -0.1) is 0 Å². The molecule has 1 atom stereocenters. The summed E-state index contributed by atoms with van der Waals surface area (Å²) < 4.78 is 15.7. The Labute approximate surface area is 176 Å². The molecule has 4 rings (SSSR count). The lowest BCUT2D eigenvalue weighted by atomic mass is 9.86. The fraction of sp³-hybridized carbons (Fsp3) is 0.182. The number of benzene rings is 2. The molecule has 2 aromatic carbocycles. The predicted molar refractivity (Wildman–Crippen MR) is 104 cm³/mol. The van der Waals surface area contributed by atoms with E-state index in [4.69, 9.17) is 25.8 Å². The Bertz CT molecular complexity index is 1110. The Kier molecular flexibility index (Phi) is 4.80. The molecule has 0 radical (unpaired) electrons. The van der Waals surface area contributed by atoms with Crippen LogP contribution in [0, 0.1) is 0 Å². The number of halogens is 1. The van der Waals surface area contributed by atoms with Gasteiger partial charge in [-0.05, 0) is 17.7 Å². The second kappa shape index (κ2) is 7.19. The van der Waals surface area contributed by atoms with Crippen LogP contribution in [-0.4, -0.2) is 43.3 Å². The largest absolute Gasteiger partial charge is 0.466 e. The third-order valence-corrected chi connectivity index (χ3v) is 5.42. The highest BCUT2D eigenvalue weighted by molar-refractivity contribution is 6.37. The Morgan fingerprint density at radius 1 is 0.933 bits per heavy atom. The minimum atomic E-state index is -2.34. The van der Waals surface area contributed by atoms with Crippen LogP contribution < -0.4 is 0 Å². The highest BCUT2D eigenvalue weighted by Crippen LogP contribution is 2.51. The lowest BCUT2D eigenvalue weighted by molar-refractivity contribution is -0.139. The van der Waals surface area contributed by atoms with Crippen LogP contribution in [0.2, 0.25) is 5.02 Å². The van der Waals surface area contributed by atoms with Gasteiger partial charge in [-0.2, -0.15) is 0 Å². The number of esters is 2. The predicted octanol–water partition coefficient (Wildman–Crippen LogP) is 2.87. The summed E-state index contributed by atoms with van der Waals surface area (Å²) in [6.45, 7) is 0. The van der Waals surface area contributed by atoms with E-state index < -0.39 is 40.8 Å². The van der Waals surface area contributed by atoms with Crippen molar-refractivity contribution in [2.24, 2.45) is 0 Å². The number of hydrogen-bond donors (Lipinski definition) is 0. The summed E-state index contributed by atoms with van der Waals surface area (Å²) in [7, 11) is 2.21. The molecule has 30 heavy (non-hydrogen) atoms. The third-order valence-electron chi connectivity index (χ3n) is 5.18. The minimum absolute atomic E-state index is 0.0971. The number of hydrogen-bond acceptors (Lipinski definition) is 7. The second-order valence-electron chi connectivity index (χ2n) is 6.71. The summed E-state index contributed by atoms with van der Waals surface area (Å²) in [6, 6.07) is 12.5. The van der Waals surface area contributed by atoms with Gasteiger partial charge in [-0.1, -0.05) is 48.0 Å². The molecule has 0 fully saturated rings. The molecule has 0 saturated carbocycles. The van der Waals surface area contributed by atoms with Crippen LogP contribution in [0.25, 0.3) is 0 Å². The van der Waals surface area contributed by atoms with Crippen LogP contribution in [-0.2, 0) is 23.8 Å². The smallest absolute Gasteiger partial charge is 0.338 e. The number of ketones is 2. The van der Waals surface area contributed by atoms with Crippen molar-refractivity contribution >= 4 is 35.1 Å². The summed E-state index contributed by atoms with van der Waals surface area (Å²) in [5, 5.41) is 0.341. The van der Waals surface area contributed by atoms with Crippen LogP contribution in [0.5, 0.6) is 0 Å². The molecule has 1 aliphatic heterocycles. The molecule has 1 heterocycles. The van der Waals surface area contributed by atoms with Gasteiger partial charge in [0, 0.05) is 16.1 Å². The number of carbonyl (C=O) groups is 4. The molecule has 1 unspecified atom stereocenters. The van der Waals surface area contributed by atoms with Crippen LogP contribution in [0.15, 0.2) is 59.7 Å². The van der Waals surface area contributed by atoms with E-state index in [-0.39, 0.29) is 16.7 Å². The summed E-state index contributed by atoms with van der Waals surface area (Å²) in [5.41, 5.74) is -2.53. The molecule has 7 nitrogen and oxygen atoms in total. The van der Waals surface area contributed by atoms with Gasteiger partial charge in [0.25, 0.3) is 0 Å². The maximum absolute atomic E-state index is 13.4. The summed E-state index contributed by atoms with van der Waals surface area (Å²) >= 11 is 6.08. The van der Waals surface area contributed by atoms with Crippen LogP contribution in [0.4, 0.5) is 0 Å². The first kappa shape index (κ1) is 20.0. The molecule has 1 spiro atoms. The number of methoxy groups -OCH3 is 2. The fourth-order valence-electron chi connectivity index (χ4n) is 3.89. The molecular formula is C22H15ClO7. The first-order valence-corrected chi connectivity index (χ1v) is 9.27. The molecule has 0 aromatic heterocycles. The van der Waals surface area contributed by atoms with Gasteiger partial charge < -0.3 is 14.2 Å². The standard InChI is InChI=1S/C22H15ClO7/c1-28-20(26)15-16(21(27)29-2)22(30-17(15)11-6-5-7-12(23)10-11)18(24)13-8-3-4-9-14(13)19(22)25/h3-10,17H,1-2H3. The Morgan fingerprint density at radius 3 is 2.07 bits per heavy atom. The van der Waals surface area contributed by atoms with Crippen molar-refractivity contribution in [1.29, 1.82) is 0 Å². The number of fused-ring (bicyclic) bond motifs is 1. The van der Waals surface area contributed by atoms with Crippen LogP contribution in [0.3, 0.4) is 0 Å². The number of rotatable bonds is 3. The van der Waals surface area contributed by atoms with Gasteiger partial charge >= 0.3 is 11.9 Å².